The van der Waals surface area contributed by atoms with E-state index < -0.39 is 5.91 Å². The molecule has 0 aliphatic heterocycles. The van der Waals surface area contributed by atoms with Crippen LogP contribution in [-0.2, 0) is 0 Å². The highest BCUT2D eigenvalue weighted by molar-refractivity contribution is 6.33. The molecule has 0 bridgehead atoms. The summed E-state index contributed by atoms with van der Waals surface area (Å²) in [7, 11) is 3.23. The maximum Gasteiger partial charge on any atom is 0.267 e. The van der Waals surface area contributed by atoms with E-state index >= 15 is 0 Å². The van der Waals surface area contributed by atoms with Crippen LogP contribution in [0.3, 0.4) is 0 Å². The Bertz CT molecular complexity index is 1040. The van der Waals surface area contributed by atoms with E-state index in [1.807, 2.05) is 12.1 Å². The van der Waals surface area contributed by atoms with Crippen LogP contribution < -0.4 is 15.4 Å². The second kappa shape index (κ2) is 8.10. The second-order valence-electron chi connectivity index (χ2n) is 6.03. The molecule has 0 atom stereocenters. The van der Waals surface area contributed by atoms with Gasteiger partial charge in [0.2, 0.25) is 0 Å². The summed E-state index contributed by atoms with van der Waals surface area (Å²) in [6, 6.07) is 15.5. The van der Waals surface area contributed by atoms with E-state index in [2.05, 4.69) is 4.98 Å². The molecule has 0 unspecified atom stereocenters. The minimum Gasteiger partial charge on any atom is -0.495 e. The highest BCUT2D eigenvalue weighted by Crippen LogP contribution is 2.31. The summed E-state index contributed by atoms with van der Waals surface area (Å²) in [6.45, 7) is 0. The fourth-order valence-corrected chi connectivity index (χ4v) is 3.02. The summed E-state index contributed by atoms with van der Waals surface area (Å²) < 4.78 is 5.33. The van der Waals surface area contributed by atoms with Crippen LogP contribution in [0.25, 0.3) is 11.1 Å². The fourth-order valence-electron chi connectivity index (χ4n) is 2.79. The van der Waals surface area contributed by atoms with Gasteiger partial charge in [0.05, 0.1) is 12.8 Å². The Labute approximate surface area is 167 Å². The number of methoxy groups -OCH3 is 1. The molecule has 0 saturated heterocycles. The number of benzene rings is 2. The van der Waals surface area contributed by atoms with Crippen molar-refractivity contribution in [2.75, 3.05) is 19.1 Å². The zero-order chi connectivity index (χ0) is 20.3. The molecule has 1 heterocycles. The third-order valence-corrected chi connectivity index (χ3v) is 4.62. The number of hydrogen-bond acceptors (Lipinski definition) is 4. The monoisotopic (exact) mass is 395 g/mol. The summed E-state index contributed by atoms with van der Waals surface area (Å²) >= 11 is 6.32. The Hall–Kier alpha value is -3.38. The Morgan fingerprint density at radius 1 is 1.11 bits per heavy atom. The topological polar surface area (TPSA) is 85.5 Å². The van der Waals surface area contributed by atoms with Crippen molar-refractivity contribution >= 4 is 29.1 Å². The van der Waals surface area contributed by atoms with Crippen molar-refractivity contribution in [2.45, 2.75) is 0 Å². The zero-order valence-electron chi connectivity index (χ0n) is 15.3. The first-order valence-electron chi connectivity index (χ1n) is 8.39. The number of primary amides is 1. The van der Waals surface area contributed by atoms with Gasteiger partial charge in [0, 0.05) is 35.0 Å². The molecule has 0 aliphatic carbocycles. The van der Waals surface area contributed by atoms with Gasteiger partial charge < -0.3 is 15.4 Å². The van der Waals surface area contributed by atoms with Gasteiger partial charge in [-0.15, -0.1) is 0 Å². The van der Waals surface area contributed by atoms with Gasteiger partial charge in [-0.1, -0.05) is 29.8 Å². The number of nitrogens with zero attached hydrogens (tertiary/aromatic N) is 2. The van der Waals surface area contributed by atoms with Crippen molar-refractivity contribution in [2.24, 2.45) is 5.73 Å². The molecular formula is C21H18ClN3O3. The maximum atomic E-state index is 13.0. The molecule has 1 aromatic heterocycles. The molecule has 0 aliphatic rings. The van der Waals surface area contributed by atoms with Crippen LogP contribution in [-0.4, -0.2) is 31.0 Å². The van der Waals surface area contributed by atoms with Crippen LogP contribution in [0.2, 0.25) is 5.02 Å². The number of amides is 2. The summed E-state index contributed by atoms with van der Waals surface area (Å²) in [4.78, 5) is 29.7. The van der Waals surface area contributed by atoms with E-state index in [0.717, 1.165) is 0 Å². The van der Waals surface area contributed by atoms with E-state index in [1.54, 1.807) is 50.6 Å². The van der Waals surface area contributed by atoms with E-state index in [4.69, 9.17) is 22.1 Å². The number of nitrogens with two attached hydrogens (primary N) is 1. The molecule has 28 heavy (non-hydrogen) atoms. The zero-order valence-corrected chi connectivity index (χ0v) is 16.1. The van der Waals surface area contributed by atoms with Crippen molar-refractivity contribution in [1.29, 1.82) is 0 Å². The van der Waals surface area contributed by atoms with Crippen LogP contribution in [0.5, 0.6) is 5.75 Å². The van der Waals surface area contributed by atoms with Gasteiger partial charge in [0.25, 0.3) is 11.8 Å². The molecular weight excluding hydrogens is 378 g/mol. The maximum absolute atomic E-state index is 13.0. The molecule has 3 aromatic rings. The van der Waals surface area contributed by atoms with Crippen LogP contribution in [0.1, 0.15) is 20.8 Å². The number of aromatic nitrogens is 1. The van der Waals surface area contributed by atoms with E-state index in [1.165, 1.54) is 17.2 Å². The van der Waals surface area contributed by atoms with Crippen LogP contribution in [0, 0.1) is 0 Å². The normalized spacial score (nSPS) is 10.4. The number of carbonyl (C=O) groups excluding carboxylic acids is 2. The number of halogens is 1. The molecule has 142 valence electrons. The second-order valence-corrected chi connectivity index (χ2v) is 6.43. The van der Waals surface area contributed by atoms with E-state index in [9.17, 15) is 9.59 Å². The van der Waals surface area contributed by atoms with Gasteiger partial charge in [-0.05, 0) is 36.4 Å². The predicted octanol–water partition coefficient (Wildman–Crippen LogP) is 3.79. The number of anilines is 1. The minimum absolute atomic E-state index is 0.156. The Morgan fingerprint density at radius 3 is 2.50 bits per heavy atom. The smallest absolute Gasteiger partial charge is 0.267 e. The fraction of sp³-hybridized carbons (Fsp3) is 0.0952. The average molecular weight is 396 g/mol. The van der Waals surface area contributed by atoms with Gasteiger partial charge in [-0.25, -0.2) is 0 Å². The van der Waals surface area contributed by atoms with Crippen LogP contribution in [0.15, 0.2) is 60.8 Å². The largest absolute Gasteiger partial charge is 0.495 e. The minimum atomic E-state index is -0.611. The van der Waals surface area contributed by atoms with Gasteiger partial charge in [-0.3, -0.25) is 14.6 Å². The van der Waals surface area contributed by atoms with Crippen molar-refractivity contribution in [1.82, 2.24) is 4.98 Å². The van der Waals surface area contributed by atoms with Crippen molar-refractivity contribution in [3.05, 3.63) is 77.1 Å². The number of para-hydroxylation sites is 2. The summed E-state index contributed by atoms with van der Waals surface area (Å²) in [5.74, 6) is -0.233. The first-order valence-corrected chi connectivity index (χ1v) is 8.77. The number of rotatable bonds is 5. The van der Waals surface area contributed by atoms with Gasteiger partial charge >= 0.3 is 0 Å². The number of pyridine rings is 1. The van der Waals surface area contributed by atoms with E-state index in [0.29, 0.717) is 33.1 Å². The predicted molar refractivity (Wildman–Crippen MR) is 109 cm³/mol. The Balaban J connectivity index is 1.96. The Morgan fingerprint density at radius 2 is 1.86 bits per heavy atom. The number of ether oxygens (including phenoxy) is 1. The average Bonchev–Trinajstić information content (AvgIpc) is 2.73. The lowest BCUT2D eigenvalue weighted by atomic mass is 10.0. The van der Waals surface area contributed by atoms with Crippen molar-refractivity contribution in [3.8, 4) is 16.9 Å². The lowest BCUT2D eigenvalue weighted by Gasteiger charge is -2.20. The van der Waals surface area contributed by atoms with Crippen molar-refractivity contribution in [3.63, 3.8) is 0 Å². The van der Waals surface area contributed by atoms with Crippen LogP contribution >= 0.6 is 11.6 Å². The van der Waals surface area contributed by atoms with Gasteiger partial charge in [-0.2, -0.15) is 0 Å². The number of hydrogen-bond donors (Lipinski definition) is 1. The molecule has 7 heteroatoms. The lowest BCUT2D eigenvalue weighted by molar-refractivity contribution is 0.0986. The summed E-state index contributed by atoms with van der Waals surface area (Å²) in [6.07, 6.45) is 1.50. The lowest BCUT2D eigenvalue weighted by Crippen LogP contribution is -2.26. The molecule has 0 saturated carbocycles. The molecule has 0 spiro atoms. The standard InChI is InChI=1S/C21H18ClN3O3/c1-25(18-5-3-4-6-19(18)28-2)21(27)13-7-9-16(22)15(11-13)14-8-10-17(20(23)26)24-12-14/h3-12H,1-2H3,(H2,23,26). The third kappa shape index (κ3) is 3.82. The molecule has 3 rings (SSSR count). The first-order chi connectivity index (χ1) is 13.4. The van der Waals surface area contributed by atoms with Crippen LogP contribution in [0.4, 0.5) is 5.69 Å². The van der Waals surface area contributed by atoms with Gasteiger partial charge in [0.15, 0.2) is 0 Å². The van der Waals surface area contributed by atoms with Gasteiger partial charge in [0.1, 0.15) is 11.4 Å². The highest BCUT2D eigenvalue weighted by Gasteiger charge is 2.18. The molecule has 0 radical (unpaired) electrons. The highest BCUT2D eigenvalue weighted by atomic mass is 35.5. The summed E-state index contributed by atoms with van der Waals surface area (Å²) in [5, 5.41) is 0.463. The Kier molecular flexibility index (Phi) is 5.61. The third-order valence-electron chi connectivity index (χ3n) is 4.29. The molecule has 2 aromatic carbocycles. The number of carbonyl (C=O) groups is 2. The quantitative estimate of drug-likeness (QED) is 0.712. The summed E-state index contributed by atoms with van der Waals surface area (Å²) in [5.41, 5.74) is 7.78. The molecule has 0 fully saturated rings. The molecule has 2 N–H and O–H groups in total. The molecule has 6 nitrogen and oxygen atoms in total. The molecule has 2 amide bonds. The SMILES string of the molecule is COc1ccccc1N(C)C(=O)c1ccc(Cl)c(-c2ccc(C(N)=O)nc2)c1. The first kappa shape index (κ1) is 19.4. The van der Waals surface area contributed by atoms with E-state index in [-0.39, 0.29) is 11.6 Å². The van der Waals surface area contributed by atoms with Crippen molar-refractivity contribution < 1.29 is 14.3 Å².